The molecule has 2 heterocycles. The van der Waals surface area contributed by atoms with Crippen molar-refractivity contribution in [3.05, 3.63) is 48.3 Å². The van der Waals surface area contributed by atoms with Crippen molar-refractivity contribution < 1.29 is 23.4 Å². The Morgan fingerprint density at radius 1 is 1.26 bits per heavy atom. The van der Waals surface area contributed by atoms with Gasteiger partial charge in [-0.3, -0.25) is 0 Å². The number of methoxy groups -OCH3 is 1. The first-order valence-corrected chi connectivity index (χ1v) is 9.20. The fourth-order valence-electron chi connectivity index (χ4n) is 2.79. The van der Waals surface area contributed by atoms with Gasteiger partial charge < -0.3 is 19.1 Å². The molecule has 0 atom stereocenters. The SMILES string of the molecule is COc1ccccc1OCC(=O)OC1CN(c2nc3ccc(F)cc3s2)C1. The summed E-state index contributed by atoms with van der Waals surface area (Å²) in [6, 6.07) is 11.6. The topological polar surface area (TPSA) is 60.9 Å². The van der Waals surface area contributed by atoms with Crippen molar-refractivity contribution >= 4 is 32.7 Å². The Morgan fingerprint density at radius 2 is 2.04 bits per heavy atom. The molecule has 2 aromatic carbocycles. The summed E-state index contributed by atoms with van der Waals surface area (Å²) in [7, 11) is 1.54. The standard InChI is InChI=1S/C19H17FN2O4S/c1-24-15-4-2-3-5-16(15)25-11-18(23)26-13-9-22(10-13)19-21-14-7-6-12(20)8-17(14)27-19/h2-8,13H,9-11H2,1H3. The number of nitrogens with zero attached hydrogens (tertiary/aromatic N) is 2. The van der Waals surface area contributed by atoms with Gasteiger partial charge in [0.15, 0.2) is 23.2 Å². The molecule has 3 aromatic rings. The lowest BCUT2D eigenvalue weighted by Crippen LogP contribution is -2.53. The maximum atomic E-state index is 13.3. The summed E-state index contributed by atoms with van der Waals surface area (Å²) in [5.41, 5.74) is 0.766. The van der Waals surface area contributed by atoms with Crippen molar-refractivity contribution in [2.45, 2.75) is 6.10 Å². The first kappa shape index (κ1) is 17.5. The van der Waals surface area contributed by atoms with Gasteiger partial charge in [0.1, 0.15) is 11.9 Å². The summed E-state index contributed by atoms with van der Waals surface area (Å²) in [5, 5.41) is 0.799. The average Bonchev–Trinajstić information content (AvgIpc) is 3.05. The third kappa shape index (κ3) is 3.80. The molecule has 4 rings (SSSR count). The molecule has 27 heavy (non-hydrogen) atoms. The number of esters is 1. The number of ether oxygens (including phenoxy) is 3. The predicted octanol–water partition coefficient (Wildman–Crippen LogP) is 3.25. The predicted molar refractivity (Wildman–Crippen MR) is 100 cm³/mol. The van der Waals surface area contributed by atoms with Gasteiger partial charge in [-0.25, -0.2) is 14.2 Å². The van der Waals surface area contributed by atoms with Gasteiger partial charge in [0, 0.05) is 0 Å². The van der Waals surface area contributed by atoms with Gasteiger partial charge in [0.2, 0.25) is 0 Å². The molecule has 1 aromatic heterocycles. The summed E-state index contributed by atoms with van der Waals surface area (Å²) in [5.74, 6) is 0.348. The third-order valence-electron chi connectivity index (χ3n) is 4.17. The van der Waals surface area contributed by atoms with Crippen LogP contribution in [0, 0.1) is 5.82 Å². The number of aromatic nitrogens is 1. The average molecular weight is 388 g/mol. The molecular weight excluding hydrogens is 371 g/mol. The van der Waals surface area contributed by atoms with Crippen LogP contribution in [0.25, 0.3) is 10.2 Å². The van der Waals surface area contributed by atoms with Crippen LogP contribution < -0.4 is 14.4 Å². The lowest BCUT2D eigenvalue weighted by molar-refractivity contribution is -0.152. The Bertz CT molecular complexity index is 971. The molecule has 140 valence electrons. The second-order valence-corrected chi connectivity index (χ2v) is 7.07. The van der Waals surface area contributed by atoms with Crippen LogP contribution in [0.5, 0.6) is 11.5 Å². The van der Waals surface area contributed by atoms with E-state index in [1.807, 2.05) is 11.0 Å². The maximum absolute atomic E-state index is 13.3. The minimum Gasteiger partial charge on any atom is -0.493 e. The van der Waals surface area contributed by atoms with Crippen molar-refractivity contribution in [1.82, 2.24) is 4.98 Å². The highest BCUT2D eigenvalue weighted by Crippen LogP contribution is 2.32. The quantitative estimate of drug-likeness (QED) is 0.604. The minimum atomic E-state index is -0.433. The first-order valence-electron chi connectivity index (χ1n) is 8.39. The van der Waals surface area contributed by atoms with Crippen LogP contribution in [0.2, 0.25) is 0 Å². The summed E-state index contributed by atoms with van der Waals surface area (Å²) < 4.78 is 30.1. The third-order valence-corrected chi connectivity index (χ3v) is 5.25. The molecule has 6 nitrogen and oxygen atoms in total. The second kappa shape index (κ2) is 7.40. The van der Waals surface area contributed by atoms with Gasteiger partial charge in [-0.15, -0.1) is 0 Å². The molecule has 0 spiro atoms. The Hall–Kier alpha value is -2.87. The molecule has 0 bridgehead atoms. The van der Waals surface area contributed by atoms with E-state index in [4.69, 9.17) is 14.2 Å². The zero-order valence-electron chi connectivity index (χ0n) is 14.6. The van der Waals surface area contributed by atoms with E-state index in [9.17, 15) is 9.18 Å². The molecule has 1 saturated heterocycles. The fourth-order valence-corrected chi connectivity index (χ4v) is 3.79. The number of hydrogen-bond acceptors (Lipinski definition) is 7. The molecule has 0 aliphatic carbocycles. The summed E-state index contributed by atoms with van der Waals surface area (Å²) in [6.07, 6.45) is -0.206. The van der Waals surface area contributed by atoms with Crippen molar-refractivity contribution in [2.75, 3.05) is 31.7 Å². The number of rotatable bonds is 6. The highest BCUT2D eigenvalue weighted by molar-refractivity contribution is 7.22. The van der Waals surface area contributed by atoms with Crippen LogP contribution in [0.3, 0.4) is 0 Å². The second-order valence-electron chi connectivity index (χ2n) is 6.06. The molecule has 0 amide bonds. The summed E-state index contributed by atoms with van der Waals surface area (Å²) in [6.45, 7) is 0.933. The molecule has 0 saturated carbocycles. The largest absolute Gasteiger partial charge is 0.493 e. The van der Waals surface area contributed by atoms with Gasteiger partial charge in [-0.1, -0.05) is 23.5 Å². The molecule has 0 N–H and O–H groups in total. The van der Waals surface area contributed by atoms with Gasteiger partial charge in [0.25, 0.3) is 0 Å². The zero-order chi connectivity index (χ0) is 18.8. The number of benzene rings is 2. The number of carbonyl (C=O) groups excluding carboxylic acids is 1. The van der Waals surface area contributed by atoms with Crippen LogP contribution in [0.15, 0.2) is 42.5 Å². The van der Waals surface area contributed by atoms with Crippen LogP contribution in [-0.2, 0) is 9.53 Å². The zero-order valence-corrected chi connectivity index (χ0v) is 15.4. The normalized spacial score (nSPS) is 14.1. The number of thiazole rings is 1. The number of hydrogen-bond donors (Lipinski definition) is 0. The Kier molecular flexibility index (Phi) is 4.81. The van der Waals surface area contributed by atoms with E-state index in [0.29, 0.717) is 24.6 Å². The minimum absolute atomic E-state index is 0.183. The van der Waals surface area contributed by atoms with E-state index in [1.54, 1.807) is 31.4 Å². The lowest BCUT2D eigenvalue weighted by atomic mass is 10.2. The van der Waals surface area contributed by atoms with Crippen molar-refractivity contribution in [1.29, 1.82) is 0 Å². The van der Waals surface area contributed by atoms with Gasteiger partial charge in [-0.05, 0) is 30.3 Å². The van der Waals surface area contributed by atoms with Crippen molar-refractivity contribution in [3.63, 3.8) is 0 Å². The van der Waals surface area contributed by atoms with Crippen LogP contribution in [0.1, 0.15) is 0 Å². The van der Waals surface area contributed by atoms with E-state index in [1.165, 1.54) is 23.5 Å². The number of carbonyl (C=O) groups is 1. The Labute approximate surface area is 159 Å². The van der Waals surface area contributed by atoms with Crippen molar-refractivity contribution in [3.8, 4) is 11.5 Å². The Balaban J connectivity index is 1.27. The lowest BCUT2D eigenvalue weighted by Gasteiger charge is -2.38. The molecule has 8 heteroatoms. The number of anilines is 1. The smallest absolute Gasteiger partial charge is 0.344 e. The summed E-state index contributed by atoms with van der Waals surface area (Å²) >= 11 is 1.42. The monoisotopic (exact) mass is 388 g/mol. The van der Waals surface area contributed by atoms with E-state index >= 15 is 0 Å². The molecular formula is C19H17FN2O4S. The molecule has 1 fully saturated rings. The van der Waals surface area contributed by atoms with Gasteiger partial charge in [0.05, 0.1) is 30.4 Å². The fraction of sp³-hybridized carbons (Fsp3) is 0.263. The highest BCUT2D eigenvalue weighted by Gasteiger charge is 2.32. The van der Waals surface area contributed by atoms with Crippen molar-refractivity contribution in [2.24, 2.45) is 0 Å². The number of halogens is 1. The van der Waals surface area contributed by atoms with E-state index in [2.05, 4.69) is 4.98 Å². The number of para-hydroxylation sites is 2. The van der Waals surface area contributed by atoms with E-state index < -0.39 is 5.97 Å². The molecule has 0 radical (unpaired) electrons. The first-order chi connectivity index (χ1) is 13.1. The Morgan fingerprint density at radius 3 is 2.81 bits per heavy atom. The maximum Gasteiger partial charge on any atom is 0.344 e. The van der Waals surface area contributed by atoms with Crippen LogP contribution in [0.4, 0.5) is 9.52 Å². The molecule has 1 aliphatic heterocycles. The van der Waals surface area contributed by atoms with Gasteiger partial charge >= 0.3 is 5.97 Å². The number of fused-ring (bicyclic) bond motifs is 1. The molecule has 1 aliphatic rings. The van der Waals surface area contributed by atoms with Crippen LogP contribution in [-0.4, -0.2) is 43.9 Å². The summed E-state index contributed by atoms with van der Waals surface area (Å²) in [4.78, 5) is 18.5. The van der Waals surface area contributed by atoms with Gasteiger partial charge in [-0.2, -0.15) is 0 Å². The van der Waals surface area contributed by atoms with E-state index in [0.717, 1.165) is 15.3 Å². The van der Waals surface area contributed by atoms with Crippen LogP contribution >= 0.6 is 11.3 Å². The van der Waals surface area contributed by atoms with E-state index in [-0.39, 0.29) is 18.5 Å². The molecule has 0 unspecified atom stereocenters. The highest BCUT2D eigenvalue weighted by atomic mass is 32.1.